The number of rotatable bonds is 4. The molecule has 2 unspecified atom stereocenters. The summed E-state index contributed by atoms with van der Waals surface area (Å²) >= 11 is 0. The lowest BCUT2D eigenvalue weighted by Gasteiger charge is -2.13. The molecule has 2 atom stereocenters. The highest BCUT2D eigenvalue weighted by Gasteiger charge is 2.24. The zero-order chi connectivity index (χ0) is 15.4. The van der Waals surface area contributed by atoms with E-state index in [1.54, 1.807) is 24.3 Å². The van der Waals surface area contributed by atoms with Gasteiger partial charge in [0.2, 0.25) is 5.91 Å². The molecular formula is C16H21N3O3. The van der Waals surface area contributed by atoms with Crippen LogP contribution < -0.4 is 16.0 Å². The molecule has 22 heavy (non-hydrogen) atoms. The van der Waals surface area contributed by atoms with Crippen LogP contribution in [0.1, 0.15) is 25.7 Å². The Balaban J connectivity index is 1.53. The topological polar surface area (TPSA) is 79.5 Å². The Kier molecular flexibility index (Phi) is 4.70. The van der Waals surface area contributed by atoms with Crippen molar-refractivity contribution in [3.63, 3.8) is 0 Å². The van der Waals surface area contributed by atoms with Crippen molar-refractivity contribution in [3.8, 4) is 0 Å². The SMILES string of the molecule is O=C(Nc1ccc(NC(=O)C2CCCO2)cc1)C1CCCN1. The highest BCUT2D eigenvalue weighted by Crippen LogP contribution is 2.18. The van der Waals surface area contributed by atoms with Crippen LogP contribution in [0, 0.1) is 0 Å². The first-order valence-electron chi connectivity index (χ1n) is 7.79. The average Bonchev–Trinajstić information content (AvgIpc) is 3.23. The number of hydrogen-bond donors (Lipinski definition) is 3. The van der Waals surface area contributed by atoms with Crippen LogP contribution in [-0.4, -0.2) is 37.1 Å². The second-order valence-corrected chi connectivity index (χ2v) is 5.71. The third kappa shape index (κ3) is 3.64. The van der Waals surface area contributed by atoms with Gasteiger partial charge in [0, 0.05) is 18.0 Å². The predicted molar refractivity (Wildman–Crippen MR) is 83.7 cm³/mol. The van der Waals surface area contributed by atoms with Crippen molar-refractivity contribution >= 4 is 23.2 Å². The third-order valence-corrected chi connectivity index (χ3v) is 4.02. The van der Waals surface area contributed by atoms with E-state index in [1.165, 1.54) is 0 Å². The molecule has 6 nitrogen and oxygen atoms in total. The van der Waals surface area contributed by atoms with Gasteiger partial charge in [0.1, 0.15) is 6.10 Å². The van der Waals surface area contributed by atoms with E-state index in [1.807, 2.05) is 0 Å². The van der Waals surface area contributed by atoms with Crippen molar-refractivity contribution in [3.05, 3.63) is 24.3 Å². The van der Waals surface area contributed by atoms with Crippen LogP contribution in [0.15, 0.2) is 24.3 Å². The lowest BCUT2D eigenvalue weighted by Crippen LogP contribution is -2.35. The summed E-state index contributed by atoms with van der Waals surface area (Å²) in [4.78, 5) is 23.9. The van der Waals surface area contributed by atoms with Gasteiger partial charge in [0.25, 0.3) is 5.91 Å². The molecule has 0 spiro atoms. The van der Waals surface area contributed by atoms with Gasteiger partial charge in [-0.2, -0.15) is 0 Å². The van der Waals surface area contributed by atoms with Gasteiger partial charge in [-0.05, 0) is 56.5 Å². The van der Waals surface area contributed by atoms with Gasteiger partial charge in [0.15, 0.2) is 0 Å². The second kappa shape index (κ2) is 6.89. The van der Waals surface area contributed by atoms with Gasteiger partial charge in [-0.1, -0.05) is 0 Å². The highest BCUT2D eigenvalue weighted by molar-refractivity contribution is 5.96. The van der Waals surface area contributed by atoms with Gasteiger partial charge < -0.3 is 20.7 Å². The van der Waals surface area contributed by atoms with Gasteiger partial charge in [-0.3, -0.25) is 9.59 Å². The summed E-state index contributed by atoms with van der Waals surface area (Å²) in [7, 11) is 0. The Bertz CT molecular complexity index is 483. The van der Waals surface area contributed by atoms with E-state index in [0.29, 0.717) is 12.3 Å². The molecule has 118 valence electrons. The molecule has 2 aliphatic heterocycles. The number of hydrogen-bond acceptors (Lipinski definition) is 4. The standard InChI is InChI=1S/C16H21N3O3/c20-15(13-3-1-9-17-13)18-11-5-7-12(8-6-11)19-16(21)14-4-2-10-22-14/h5-8,13-14,17H,1-4,9-10H2,(H,18,20)(H,19,21). The molecule has 0 radical (unpaired) electrons. The fourth-order valence-electron chi connectivity index (χ4n) is 2.78. The first-order chi connectivity index (χ1) is 10.7. The van der Waals surface area contributed by atoms with E-state index in [-0.39, 0.29) is 24.0 Å². The molecule has 0 aliphatic carbocycles. The van der Waals surface area contributed by atoms with Gasteiger partial charge in [0.05, 0.1) is 6.04 Å². The molecule has 2 aliphatic rings. The Morgan fingerprint density at radius 3 is 2.23 bits per heavy atom. The number of carbonyl (C=O) groups excluding carboxylic acids is 2. The van der Waals surface area contributed by atoms with Crippen molar-refractivity contribution in [1.29, 1.82) is 0 Å². The first-order valence-corrected chi connectivity index (χ1v) is 7.79. The molecule has 1 aromatic rings. The molecule has 0 bridgehead atoms. The zero-order valence-corrected chi connectivity index (χ0v) is 12.4. The normalized spacial score (nSPS) is 24.2. The van der Waals surface area contributed by atoms with Crippen molar-refractivity contribution < 1.29 is 14.3 Å². The van der Waals surface area contributed by atoms with Crippen molar-refractivity contribution in [2.45, 2.75) is 37.8 Å². The Hall–Kier alpha value is -1.92. The maximum absolute atomic E-state index is 12.0. The van der Waals surface area contributed by atoms with Crippen LogP contribution in [-0.2, 0) is 14.3 Å². The van der Waals surface area contributed by atoms with Crippen LogP contribution in [0.5, 0.6) is 0 Å². The van der Waals surface area contributed by atoms with Crippen molar-refractivity contribution in [2.24, 2.45) is 0 Å². The van der Waals surface area contributed by atoms with Gasteiger partial charge in [-0.25, -0.2) is 0 Å². The first kappa shape index (κ1) is 15.0. The summed E-state index contributed by atoms with van der Waals surface area (Å²) in [6.45, 7) is 1.55. The Morgan fingerprint density at radius 1 is 1.00 bits per heavy atom. The van der Waals surface area contributed by atoms with Crippen LogP contribution in [0.4, 0.5) is 11.4 Å². The van der Waals surface area contributed by atoms with Gasteiger partial charge in [-0.15, -0.1) is 0 Å². The lowest BCUT2D eigenvalue weighted by molar-refractivity contribution is -0.124. The molecule has 2 fully saturated rings. The Labute approximate surface area is 129 Å². The molecule has 1 aromatic carbocycles. The number of carbonyl (C=O) groups is 2. The highest BCUT2D eigenvalue weighted by atomic mass is 16.5. The van der Waals surface area contributed by atoms with E-state index in [4.69, 9.17) is 4.74 Å². The second-order valence-electron chi connectivity index (χ2n) is 5.71. The number of benzene rings is 1. The molecule has 6 heteroatoms. The predicted octanol–water partition coefficient (Wildman–Crippen LogP) is 1.49. The van der Waals surface area contributed by atoms with E-state index in [0.717, 1.165) is 37.9 Å². The third-order valence-electron chi connectivity index (χ3n) is 4.02. The van der Waals surface area contributed by atoms with Crippen molar-refractivity contribution in [2.75, 3.05) is 23.8 Å². The van der Waals surface area contributed by atoms with Crippen LogP contribution >= 0.6 is 0 Å². The van der Waals surface area contributed by atoms with E-state index in [9.17, 15) is 9.59 Å². The summed E-state index contributed by atoms with van der Waals surface area (Å²) in [6.07, 6.45) is 3.27. The van der Waals surface area contributed by atoms with Crippen LogP contribution in [0.2, 0.25) is 0 Å². The molecule has 2 amide bonds. The minimum atomic E-state index is -0.340. The van der Waals surface area contributed by atoms with Crippen LogP contribution in [0.3, 0.4) is 0 Å². The fourth-order valence-corrected chi connectivity index (χ4v) is 2.78. The summed E-state index contributed by atoms with van der Waals surface area (Å²) < 4.78 is 5.34. The van der Waals surface area contributed by atoms with Crippen LogP contribution in [0.25, 0.3) is 0 Å². The lowest BCUT2D eigenvalue weighted by atomic mass is 10.2. The van der Waals surface area contributed by atoms with E-state index in [2.05, 4.69) is 16.0 Å². The summed E-state index contributed by atoms with van der Waals surface area (Å²) in [5, 5.41) is 8.87. The minimum absolute atomic E-state index is 0.00589. The smallest absolute Gasteiger partial charge is 0.253 e. The number of amides is 2. The molecule has 3 rings (SSSR count). The zero-order valence-electron chi connectivity index (χ0n) is 12.4. The molecular weight excluding hydrogens is 282 g/mol. The molecule has 2 heterocycles. The largest absolute Gasteiger partial charge is 0.368 e. The number of anilines is 2. The molecule has 0 saturated carbocycles. The summed E-state index contributed by atoms with van der Waals surface area (Å²) in [5.74, 6) is -0.113. The molecule has 2 saturated heterocycles. The average molecular weight is 303 g/mol. The van der Waals surface area contributed by atoms with E-state index < -0.39 is 0 Å². The molecule has 3 N–H and O–H groups in total. The van der Waals surface area contributed by atoms with Crippen molar-refractivity contribution in [1.82, 2.24) is 5.32 Å². The molecule has 0 aromatic heterocycles. The van der Waals surface area contributed by atoms with Gasteiger partial charge >= 0.3 is 0 Å². The fraction of sp³-hybridized carbons (Fsp3) is 0.500. The van der Waals surface area contributed by atoms with E-state index >= 15 is 0 Å². The maximum atomic E-state index is 12.0. The number of nitrogens with one attached hydrogen (secondary N) is 3. The summed E-state index contributed by atoms with van der Waals surface area (Å²) in [5.41, 5.74) is 1.44. The summed E-state index contributed by atoms with van der Waals surface area (Å²) in [6, 6.07) is 7.05. The number of ether oxygens (including phenoxy) is 1. The monoisotopic (exact) mass is 303 g/mol. The Morgan fingerprint density at radius 2 is 1.68 bits per heavy atom. The minimum Gasteiger partial charge on any atom is -0.368 e. The maximum Gasteiger partial charge on any atom is 0.253 e. The quantitative estimate of drug-likeness (QED) is 0.787.